The summed E-state index contributed by atoms with van der Waals surface area (Å²) in [5.41, 5.74) is 1.27. The number of hydrogen-bond acceptors (Lipinski definition) is 3. The SMILES string of the molecule is C=C[C](CCc1ccccc1)[C@@H]1[C@@H](C/C=C\CCCC(=O)NCC)[C@@H](O)C[C@H]1O. The van der Waals surface area contributed by atoms with Crippen molar-refractivity contribution in [2.75, 3.05) is 6.54 Å². The van der Waals surface area contributed by atoms with Crippen LogP contribution in [0.4, 0.5) is 0 Å². The Bertz CT molecular complexity index is 643. The first-order valence-electron chi connectivity index (χ1n) is 10.9. The Morgan fingerprint density at radius 3 is 2.62 bits per heavy atom. The predicted octanol–water partition coefficient (Wildman–Crippen LogP) is 3.99. The summed E-state index contributed by atoms with van der Waals surface area (Å²) in [5, 5.41) is 23.9. The molecular formula is C25H36NO3. The van der Waals surface area contributed by atoms with Crippen molar-refractivity contribution in [3.05, 3.63) is 66.6 Å². The molecule has 0 heterocycles. The Morgan fingerprint density at radius 1 is 1.17 bits per heavy atom. The van der Waals surface area contributed by atoms with E-state index in [1.54, 1.807) is 0 Å². The van der Waals surface area contributed by atoms with E-state index >= 15 is 0 Å². The molecule has 4 heteroatoms. The maximum Gasteiger partial charge on any atom is 0.219 e. The molecule has 1 amide bonds. The molecule has 4 atom stereocenters. The van der Waals surface area contributed by atoms with Gasteiger partial charge in [-0.15, -0.1) is 6.58 Å². The Balaban J connectivity index is 1.87. The molecule has 3 N–H and O–H groups in total. The van der Waals surface area contributed by atoms with E-state index in [1.165, 1.54) is 5.56 Å². The lowest BCUT2D eigenvalue weighted by atomic mass is 9.78. The van der Waals surface area contributed by atoms with Gasteiger partial charge in [0.2, 0.25) is 5.91 Å². The topological polar surface area (TPSA) is 69.6 Å². The Kier molecular flexibility index (Phi) is 10.2. The minimum absolute atomic E-state index is 0.00779. The van der Waals surface area contributed by atoms with E-state index in [-0.39, 0.29) is 17.7 Å². The molecule has 1 fully saturated rings. The van der Waals surface area contributed by atoms with Crippen LogP contribution in [0, 0.1) is 17.8 Å². The van der Waals surface area contributed by atoms with Gasteiger partial charge in [0.05, 0.1) is 12.2 Å². The molecule has 1 aliphatic carbocycles. The van der Waals surface area contributed by atoms with Crippen molar-refractivity contribution in [1.82, 2.24) is 5.32 Å². The predicted molar refractivity (Wildman–Crippen MR) is 118 cm³/mol. The third-order valence-corrected chi connectivity index (χ3v) is 5.81. The Morgan fingerprint density at radius 2 is 1.93 bits per heavy atom. The van der Waals surface area contributed by atoms with Gasteiger partial charge in [0.15, 0.2) is 0 Å². The number of amides is 1. The summed E-state index contributed by atoms with van der Waals surface area (Å²) in [7, 11) is 0. The van der Waals surface area contributed by atoms with Crippen LogP contribution in [0.5, 0.6) is 0 Å². The van der Waals surface area contributed by atoms with Gasteiger partial charge in [-0.05, 0) is 56.9 Å². The second-order valence-electron chi connectivity index (χ2n) is 7.88. The first-order chi connectivity index (χ1) is 14.1. The number of carbonyl (C=O) groups is 1. The van der Waals surface area contributed by atoms with Crippen LogP contribution in [0.15, 0.2) is 55.1 Å². The Hall–Kier alpha value is -1.91. The maximum atomic E-state index is 11.5. The maximum absolute atomic E-state index is 11.5. The third kappa shape index (κ3) is 7.45. The normalized spacial score (nSPS) is 24.3. The lowest BCUT2D eigenvalue weighted by Crippen LogP contribution is -2.27. The summed E-state index contributed by atoms with van der Waals surface area (Å²) < 4.78 is 0. The van der Waals surface area contributed by atoms with Crippen molar-refractivity contribution < 1.29 is 15.0 Å². The van der Waals surface area contributed by atoms with Gasteiger partial charge in [0, 0.05) is 24.8 Å². The van der Waals surface area contributed by atoms with Crippen LogP contribution in [-0.2, 0) is 11.2 Å². The highest BCUT2D eigenvalue weighted by Crippen LogP contribution is 2.43. The van der Waals surface area contributed by atoms with Crippen LogP contribution >= 0.6 is 0 Å². The van der Waals surface area contributed by atoms with Gasteiger partial charge in [-0.25, -0.2) is 0 Å². The summed E-state index contributed by atoms with van der Waals surface area (Å²) in [5.74, 6) is 1.19. The zero-order valence-electron chi connectivity index (χ0n) is 17.6. The van der Waals surface area contributed by atoms with E-state index in [9.17, 15) is 15.0 Å². The minimum Gasteiger partial charge on any atom is -0.393 e. The second-order valence-corrected chi connectivity index (χ2v) is 7.88. The average Bonchev–Trinajstić information content (AvgIpc) is 2.99. The molecule has 0 aromatic heterocycles. The van der Waals surface area contributed by atoms with Crippen LogP contribution in [0.25, 0.3) is 0 Å². The van der Waals surface area contributed by atoms with Gasteiger partial charge in [0.25, 0.3) is 0 Å². The zero-order valence-corrected chi connectivity index (χ0v) is 17.6. The van der Waals surface area contributed by atoms with Gasteiger partial charge in [-0.3, -0.25) is 4.79 Å². The standard InChI is InChI=1S/C25H36NO3/c1-3-20(17-16-19-12-8-7-9-13-19)25-21(22(27)18-23(25)28)14-10-5-6-11-15-24(29)26-4-2/h3,5,7-10,12-13,21-23,25,27-28H,1,4,6,11,14-18H2,2H3,(H,26,29)/b10-5-/t21-,22-,23+,25+/m0/s1. The van der Waals surface area contributed by atoms with E-state index in [2.05, 4.69) is 36.2 Å². The number of aliphatic hydroxyl groups is 2. The van der Waals surface area contributed by atoms with Crippen molar-refractivity contribution >= 4 is 5.91 Å². The number of allylic oxidation sites excluding steroid dienone is 3. The first kappa shape index (κ1) is 23.4. The number of benzene rings is 1. The first-order valence-corrected chi connectivity index (χ1v) is 10.9. The highest BCUT2D eigenvalue weighted by molar-refractivity contribution is 5.75. The molecule has 159 valence electrons. The lowest BCUT2D eigenvalue weighted by Gasteiger charge is -2.28. The summed E-state index contributed by atoms with van der Waals surface area (Å²) in [6.07, 6.45) is 10.1. The number of aryl methyl sites for hydroxylation is 1. The number of hydrogen-bond donors (Lipinski definition) is 3. The van der Waals surface area contributed by atoms with E-state index in [4.69, 9.17) is 0 Å². The largest absolute Gasteiger partial charge is 0.393 e. The molecule has 0 aliphatic heterocycles. The van der Waals surface area contributed by atoms with Gasteiger partial charge < -0.3 is 15.5 Å². The quantitative estimate of drug-likeness (QED) is 0.368. The molecule has 1 aromatic carbocycles. The molecule has 2 rings (SSSR count). The van der Waals surface area contributed by atoms with E-state index in [1.807, 2.05) is 31.2 Å². The summed E-state index contributed by atoms with van der Waals surface area (Å²) in [6, 6.07) is 10.3. The third-order valence-electron chi connectivity index (χ3n) is 5.81. The highest BCUT2D eigenvalue weighted by atomic mass is 16.3. The summed E-state index contributed by atoms with van der Waals surface area (Å²) >= 11 is 0. The molecule has 1 aromatic rings. The number of aliphatic hydroxyl groups excluding tert-OH is 2. The highest BCUT2D eigenvalue weighted by Gasteiger charge is 2.44. The molecule has 1 radical (unpaired) electrons. The molecule has 29 heavy (non-hydrogen) atoms. The molecule has 0 spiro atoms. The number of nitrogens with one attached hydrogen (secondary N) is 1. The molecule has 1 aliphatic rings. The number of unbranched alkanes of at least 4 members (excludes halogenated alkanes) is 1. The lowest BCUT2D eigenvalue weighted by molar-refractivity contribution is -0.121. The fourth-order valence-electron chi connectivity index (χ4n) is 4.29. The van der Waals surface area contributed by atoms with Crippen LogP contribution in [0.2, 0.25) is 0 Å². The number of rotatable bonds is 12. The summed E-state index contributed by atoms with van der Waals surface area (Å²) in [6.45, 7) is 6.57. The van der Waals surface area contributed by atoms with Crippen molar-refractivity contribution in [3.63, 3.8) is 0 Å². The molecular weight excluding hydrogens is 362 g/mol. The van der Waals surface area contributed by atoms with E-state index in [0.717, 1.165) is 38.0 Å². The van der Waals surface area contributed by atoms with Crippen molar-refractivity contribution in [1.29, 1.82) is 0 Å². The molecule has 1 saturated carbocycles. The second kappa shape index (κ2) is 12.6. The molecule has 4 nitrogen and oxygen atoms in total. The monoisotopic (exact) mass is 398 g/mol. The minimum atomic E-state index is -0.523. The average molecular weight is 399 g/mol. The fraction of sp³-hybridized carbons (Fsp3) is 0.520. The van der Waals surface area contributed by atoms with Crippen LogP contribution in [0.3, 0.4) is 0 Å². The van der Waals surface area contributed by atoms with Gasteiger partial charge in [-0.1, -0.05) is 48.6 Å². The Labute approximate surface area is 175 Å². The molecule has 0 bridgehead atoms. The van der Waals surface area contributed by atoms with Gasteiger partial charge in [-0.2, -0.15) is 0 Å². The van der Waals surface area contributed by atoms with Crippen molar-refractivity contribution in [2.45, 2.75) is 64.1 Å². The van der Waals surface area contributed by atoms with Gasteiger partial charge in [0.1, 0.15) is 0 Å². The number of carbonyl (C=O) groups excluding carboxylic acids is 1. The smallest absolute Gasteiger partial charge is 0.219 e. The van der Waals surface area contributed by atoms with Crippen LogP contribution < -0.4 is 5.32 Å². The van der Waals surface area contributed by atoms with E-state index in [0.29, 0.717) is 19.4 Å². The molecule has 0 saturated heterocycles. The van der Waals surface area contributed by atoms with Crippen LogP contribution in [-0.4, -0.2) is 34.9 Å². The van der Waals surface area contributed by atoms with Crippen molar-refractivity contribution in [3.8, 4) is 0 Å². The zero-order chi connectivity index (χ0) is 21.1. The molecule has 0 unspecified atom stereocenters. The van der Waals surface area contributed by atoms with Crippen molar-refractivity contribution in [2.24, 2.45) is 11.8 Å². The summed E-state index contributed by atoms with van der Waals surface area (Å²) in [4.78, 5) is 11.5. The van der Waals surface area contributed by atoms with Gasteiger partial charge >= 0.3 is 0 Å². The van der Waals surface area contributed by atoms with E-state index < -0.39 is 12.2 Å². The fourth-order valence-corrected chi connectivity index (χ4v) is 4.29. The van der Waals surface area contributed by atoms with Crippen LogP contribution in [0.1, 0.15) is 51.0 Å².